The Balaban J connectivity index is 0.591. The van der Waals surface area contributed by atoms with Gasteiger partial charge in [-0.05, 0) is 146 Å². The molecule has 0 unspecified atom stereocenters. The van der Waals surface area contributed by atoms with Crippen LogP contribution in [-0.2, 0) is 59.5 Å². The first-order valence-electron chi connectivity index (χ1n) is 37.4. The molecule has 25 heteroatoms. The van der Waals surface area contributed by atoms with E-state index in [1.165, 1.54) is 7.11 Å². The molecule has 6 aromatic rings. The molecular weight excluding hydrogens is 1390 g/mol. The number of aliphatic hydroxyl groups is 1. The van der Waals surface area contributed by atoms with Crippen LogP contribution in [0.4, 0.5) is 16.2 Å². The van der Waals surface area contributed by atoms with E-state index in [0.29, 0.717) is 96.1 Å². The first kappa shape index (κ1) is 77.4. The number of ketones is 3. The van der Waals surface area contributed by atoms with Crippen molar-refractivity contribution >= 4 is 81.3 Å². The third kappa shape index (κ3) is 17.5. The van der Waals surface area contributed by atoms with Crippen molar-refractivity contribution in [1.29, 1.82) is 5.53 Å². The van der Waals surface area contributed by atoms with Gasteiger partial charge in [0.1, 0.15) is 23.8 Å². The molecule has 1 spiro atoms. The lowest BCUT2D eigenvalue weighted by Gasteiger charge is -2.31. The molecule has 572 valence electrons. The largest absolute Gasteiger partial charge is 0.497 e. The third-order valence-electron chi connectivity index (χ3n) is 21.7. The number of nitrogens with one attached hydrogen (secondary N) is 4. The maximum Gasteiger partial charge on any atom is 0.416 e. The topological polar surface area (TPSA) is 314 Å². The number of nitrogens with zero attached hydrogens (tertiary/aromatic N) is 5. The summed E-state index contributed by atoms with van der Waals surface area (Å²) in [5.74, 6) is -1.63. The molecule has 5 aliphatic heterocycles. The number of carbonyl (C=O) groups excluding carboxylic acids is 9. The Morgan fingerprint density at radius 1 is 0.697 bits per heavy atom. The second kappa shape index (κ2) is 34.4. The molecule has 0 aromatic heterocycles. The number of benzene rings is 6. The first-order valence-corrected chi connectivity index (χ1v) is 37.4. The summed E-state index contributed by atoms with van der Waals surface area (Å²) in [6.45, 7) is 5.78. The fourth-order valence-corrected chi connectivity index (χ4v) is 15.3. The van der Waals surface area contributed by atoms with E-state index in [1.54, 1.807) is 119 Å². The summed E-state index contributed by atoms with van der Waals surface area (Å²) >= 11 is 0. The smallest absolute Gasteiger partial charge is 0.416 e. The van der Waals surface area contributed by atoms with Crippen LogP contribution in [0, 0.1) is 22.8 Å². The zero-order valence-electron chi connectivity index (χ0n) is 62.7. The van der Waals surface area contributed by atoms with Gasteiger partial charge in [-0.25, -0.2) is 15.2 Å². The minimum atomic E-state index is -1.46. The molecule has 109 heavy (non-hydrogen) atoms. The van der Waals surface area contributed by atoms with Crippen LogP contribution >= 0.6 is 0 Å². The van der Waals surface area contributed by atoms with Gasteiger partial charge in [0.25, 0.3) is 11.8 Å². The highest BCUT2D eigenvalue weighted by molar-refractivity contribution is 6.07. The molecule has 0 radical (unpaired) electrons. The molecule has 25 nitrogen and oxygen atoms in total. The zero-order chi connectivity index (χ0) is 77.2. The van der Waals surface area contributed by atoms with Crippen LogP contribution in [0.1, 0.15) is 164 Å². The van der Waals surface area contributed by atoms with Crippen molar-refractivity contribution in [3.8, 4) is 28.7 Å². The predicted octanol–water partition coefficient (Wildman–Crippen LogP) is 11.7. The standard InChI is InChI=1S/C84H95N9O16/c1-50(2)64(40-60(95)45-87-75(97)31-27-59(94)28-32-76(98)91-46-56-15-9-10-16-62(56)77(86-4)78(89-85)63-17-11-12-18-67(63)91)79(99)88-51(3)70(96)37-52-19-21-53(22-20-52)48-109-83(103)93-68-43-74(72(106-7)42-66(68)81(101)92-49-84(33-34-84)44-69(92)82(93)102)108-36-14-8-13-35-107-73-39-55-23-26-58-38-57(54-24-29-61(104-5)30-25-54)47-90(58)80(100)65(55)41-71(73)105-6/h9-12,15-22,24-25,29-30,39,41-43,47,50-51,58,64,69,82,85-86,102H,8,13-14,23,26-28,31-38,40,44-46,48-49H2,1-7H3,(H,87,97)(H,88,99)/b78-77-,89-85?/t51-,58+,64-,69-,82+/m0/s1. The highest BCUT2D eigenvalue weighted by atomic mass is 16.6. The monoisotopic (exact) mass is 1490 g/mol. The van der Waals surface area contributed by atoms with Gasteiger partial charge >= 0.3 is 6.09 Å². The number of aliphatic hydroxyl groups excluding tert-OH is 1. The van der Waals surface area contributed by atoms with E-state index in [4.69, 9.17) is 34.0 Å². The summed E-state index contributed by atoms with van der Waals surface area (Å²) in [5, 5.41) is 24.6. The second-order valence-corrected chi connectivity index (χ2v) is 29.3. The summed E-state index contributed by atoms with van der Waals surface area (Å²) in [6.07, 6.45) is 5.25. The quantitative estimate of drug-likeness (QED) is 0.0194. The molecule has 5 atom stereocenters. The average molecular weight is 1490 g/mol. The minimum absolute atomic E-state index is 0.0360. The lowest BCUT2D eigenvalue weighted by atomic mass is 9.89. The number of carbonyl (C=O) groups is 9. The Labute approximate surface area is 634 Å². The number of ether oxygens (including phenoxy) is 6. The maximum absolute atomic E-state index is 14.5. The number of hydrogen-bond acceptors (Lipinski definition) is 19. The van der Waals surface area contributed by atoms with Crippen molar-refractivity contribution in [3.05, 3.63) is 178 Å². The Kier molecular flexibility index (Phi) is 24.4. The fourth-order valence-electron chi connectivity index (χ4n) is 15.3. The molecule has 6 amide bonds. The number of fused-ring (bicyclic) bond motifs is 6. The minimum Gasteiger partial charge on any atom is -0.497 e. The molecule has 1 saturated heterocycles. The van der Waals surface area contributed by atoms with Crippen molar-refractivity contribution in [3.63, 3.8) is 0 Å². The molecule has 1 aliphatic carbocycles. The number of hydrogen-bond donors (Lipinski definition) is 5. The predicted molar refractivity (Wildman–Crippen MR) is 407 cm³/mol. The Hall–Kier alpha value is -11.2. The van der Waals surface area contributed by atoms with Crippen molar-refractivity contribution in [2.75, 3.05) is 64.5 Å². The SMILES string of the molecule is CN/C1=C(\N=N)c2ccccc2N(C(=O)CCC(=O)CCC(=O)NCC(=O)C[C@H](C(=O)N[C@@H](C)C(=O)Cc2ccc(COC(=O)N3c4cc(OCCCCCOc5cc6c(cc5OC)C(=O)N5C=C(c7ccc(OC)cc7)C[C@H]5CC6)c(OC)cc4C(=O)N4CC5(CC5)C[C@H]4[C@H]3O)cc2)C(C)C)Cc2ccccc21. The van der Waals surface area contributed by atoms with Gasteiger partial charge in [0.15, 0.2) is 40.8 Å². The number of amides is 6. The zero-order valence-corrected chi connectivity index (χ0v) is 62.7. The highest BCUT2D eigenvalue weighted by Gasteiger charge is 2.58. The second-order valence-electron chi connectivity index (χ2n) is 29.3. The number of unbranched alkanes of at least 4 members (excludes halogenated alkanes) is 2. The van der Waals surface area contributed by atoms with Crippen LogP contribution < -0.4 is 49.4 Å². The summed E-state index contributed by atoms with van der Waals surface area (Å²) in [4.78, 5) is 130. The fraction of sp³-hybridized carbons (Fsp3) is 0.417. The molecule has 0 bridgehead atoms. The van der Waals surface area contributed by atoms with Crippen LogP contribution in [0.3, 0.4) is 0 Å². The van der Waals surface area contributed by atoms with Crippen molar-refractivity contribution in [2.45, 2.75) is 155 Å². The van der Waals surface area contributed by atoms with Gasteiger partial charge in [-0.15, -0.1) is 0 Å². The van der Waals surface area contributed by atoms with Crippen LogP contribution in [-0.4, -0.2) is 147 Å². The molecular formula is C84H95N9O16. The molecule has 6 aliphatic rings. The van der Waals surface area contributed by atoms with E-state index in [0.717, 1.165) is 64.2 Å². The summed E-state index contributed by atoms with van der Waals surface area (Å²) < 4.78 is 35.4. The van der Waals surface area contributed by atoms with E-state index in [1.807, 2.05) is 65.7 Å². The van der Waals surface area contributed by atoms with Crippen LogP contribution in [0.25, 0.3) is 17.0 Å². The van der Waals surface area contributed by atoms with Gasteiger partial charge in [-0.3, -0.25) is 38.4 Å². The number of Topliss-reactive ketones (excluding diaryl/α,β-unsaturated/α-hetero) is 3. The molecule has 5 N–H and O–H groups in total. The van der Waals surface area contributed by atoms with E-state index < -0.39 is 47.9 Å². The number of rotatable bonds is 32. The normalized spacial score (nSPS) is 18.5. The average Bonchev–Trinajstić information content (AvgIpc) is 1.58. The Bertz CT molecular complexity index is 4550. The van der Waals surface area contributed by atoms with Gasteiger partial charge in [0.05, 0.1) is 82.4 Å². The lowest BCUT2D eigenvalue weighted by molar-refractivity contribution is -0.133. The lowest BCUT2D eigenvalue weighted by Crippen LogP contribution is -2.50. The summed E-state index contributed by atoms with van der Waals surface area (Å²) in [7, 11) is 6.42. The van der Waals surface area contributed by atoms with E-state index in [-0.39, 0.29) is 134 Å². The first-order chi connectivity index (χ1) is 52.6. The van der Waals surface area contributed by atoms with Gasteiger partial charge in [-0.2, -0.15) is 5.11 Å². The Morgan fingerprint density at radius 3 is 2.05 bits per heavy atom. The van der Waals surface area contributed by atoms with E-state index in [9.17, 15) is 48.3 Å². The molecule has 6 aromatic carbocycles. The van der Waals surface area contributed by atoms with E-state index >= 15 is 0 Å². The molecule has 5 heterocycles. The van der Waals surface area contributed by atoms with E-state index in [2.05, 4.69) is 21.1 Å². The van der Waals surface area contributed by atoms with Gasteiger partial charge < -0.3 is 64.2 Å². The van der Waals surface area contributed by atoms with Gasteiger partial charge in [0, 0.05) is 93.0 Å². The number of para-hydroxylation sites is 1. The van der Waals surface area contributed by atoms with Gasteiger partial charge in [-0.1, -0.05) is 92.7 Å². The number of methoxy groups -OCH3 is 3. The van der Waals surface area contributed by atoms with Crippen LogP contribution in [0.5, 0.6) is 28.7 Å². The third-order valence-corrected chi connectivity index (χ3v) is 21.7. The van der Waals surface area contributed by atoms with Crippen LogP contribution in [0.15, 0.2) is 133 Å². The maximum atomic E-state index is 14.5. The number of anilines is 2. The van der Waals surface area contributed by atoms with Crippen LogP contribution in [0.2, 0.25) is 0 Å². The van der Waals surface area contributed by atoms with Gasteiger partial charge in [0.2, 0.25) is 17.7 Å². The highest BCUT2D eigenvalue weighted by Crippen LogP contribution is 2.57. The molecule has 12 rings (SSSR count). The molecule has 1 saturated carbocycles. The van der Waals surface area contributed by atoms with Crippen molar-refractivity contribution < 1.29 is 76.7 Å². The molecule has 2 fully saturated rings. The van der Waals surface area contributed by atoms with Crippen molar-refractivity contribution in [1.82, 2.24) is 25.8 Å². The summed E-state index contributed by atoms with van der Waals surface area (Å²) in [6, 6.07) is 34.6. The van der Waals surface area contributed by atoms with Crippen molar-refractivity contribution in [2.24, 2.45) is 22.4 Å². The number of aryl methyl sites for hydroxylation is 1. The Morgan fingerprint density at radius 2 is 1.37 bits per heavy atom. The summed E-state index contributed by atoms with van der Waals surface area (Å²) in [5.41, 5.74) is 16.8.